The zero-order valence-corrected chi connectivity index (χ0v) is 14.2. The summed E-state index contributed by atoms with van der Waals surface area (Å²) in [5.74, 6) is 0.294. The second kappa shape index (κ2) is 6.88. The molecule has 0 unspecified atom stereocenters. The van der Waals surface area contributed by atoms with Gasteiger partial charge in [-0.3, -0.25) is 4.90 Å². The number of nitrogens with one attached hydrogen (secondary N) is 1. The Balaban J connectivity index is 1.51. The standard InChI is InChI=1S/C19H23N3O3/c23-19(24)16-9-15-3-6-22(11-14-5-8-25-12-14)7-4-17(15)21-18(16)20-10-13-1-2-13/h5,8-9,12-13H,1-4,6-7,10-11H2,(H,20,21)(H,23,24). The molecule has 4 rings (SSSR count). The van der Waals surface area contributed by atoms with Crippen LogP contribution in [0.3, 0.4) is 0 Å². The van der Waals surface area contributed by atoms with Crippen LogP contribution in [0.5, 0.6) is 0 Å². The molecule has 0 aromatic carbocycles. The number of furan rings is 1. The Labute approximate surface area is 146 Å². The van der Waals surface area contributed by atoms with Crippen LogP contribution in [0.25, 0.3) is 0 Å². The molecule has 1 aliphatic carbocycles. The van der Waals surface area contributed by atoms with Gasteiger partial charge in [0.05, 0.1) is 12.5 Å². The molecule has 3 heterocycles. The third-order valence-corrected chi connectivity index (χ3v) is 5.03. The first-order valence-corrected chi connectivity index (χ1v) is 8.92. The quantitative estimate of drug-likeness (QED) is 0.841. The zero-order chi connectivity index (χ0) is 17.2. The zero-order valence-electron chi connectivity index (χ0n) is 14.2. The highest BCUT2D eigenvalue weighted by atomic mass is 16.4. The molecular weight excluding hydrogens is 318 g/mol. The van der Waals surface area contributed by atoms with E-state index < -0.39 is 5.97 Å². The highest BCUT2D eigenvalue weighted by Gasteiger charge is 2.24. The van der Waals surface area contributed by atoms with Crippen LogP contribution in [0.15, 0.2) is 29.1 Å². The maximum atomic E-state index is 11.6. The third-order valence-electron chi connectivity index (χ3n) is 5.03. The molecule has 25 heavy (non-hydrogen) atoms. The summed E-state index contributed by atoms with van der Waals surface area (Å²) in [5.41, 5.74) is 3.54. The van der Waals surface area contributed by atoms with E-state index in [0.717, 1.165) is 55.8 Å². The van der Waals surface area contributed by atoms with Gasteiger partial charge >= 0.3 is 5.97 Å². The third kappa shape index (κ3) is 3.85. The van der Waals surface area contributed by atoms with Crippen LogP contribution in [0.1, 0.15) is 40.0 Å². The molecule has 2 aromatic rings. The van der Waals surface area contributed by atoms with Gasteiger partial charge in [-0.1, -0.05) is 0 Å². The summed E-state index contributed by atoms with van der Waals surface area (Å²) >= 11 is 0. The number of nitrogens with zero attached hydrogens (tertiary/aromatic N) is 2. The van der Waals surface area contributed by atoms with E-state index in [1.165, 1.54) is 12.8 Å². The van der Waals surface area contributed by atoms with Gasteiger partial charge in [-0.15, -0.1) is 0 Å². The van der Waals surface area contributed by atoms with Crippen molar-refractivity contribution in [2.45, 2.75) is 32.2 Å². The number of fused-ring (bicyclic) bond motifs is 1. The molecule has 2 aliphatic rings. The summed E-state index contributed by atoms with van der Waals surface area (Å²) in [6.07, 6.45) is 7.58. The molecule has 1 aliphatic heterocycles. The number of carbonyl (C=O) groups is 1. The summed E-state index contributed by atoms with van der Waals surface area (Å²) < 4.78 is 5.15. The number of aromatic carboxylic acids is 1. The van der Waals surface area contributed by atoms with Crippen LogP contribution in [0.4, 0.5) is 5.82 Å². The number of hydrogen-bond donors (Lipinski definition) is 2. The SMILES string of the molecule is O=C(O)c1cc2c(nc1NCC1CC1)CCN(Cc1ccoc1)CC2. The molecule has 2 aromatic heterocycles. The van der Waals surface area contributed by atoms with Crippen molar-refractivity contribution in [1.82, 2.24) is 9.88 Å². The molecular formula is C19H23N3O3. The lowest BCUT2D eigenvalue weighted by molar-refractivity contribution is 0.0697. The minimum Gasteiger partial charge on any atom is -0.478 e. The average Bonchev–Trinajstić information content (AvgIpc) is 3.33. The second-order valence-electron chi connectivity index (χ2n) is 7.03. The number of aromatic nitrogens is 1. The average molecular weight is 341 g/mol. The van der Waals surface area contributed by atoms with Gasteiger partial charge in [0, 0.05) is 43.9 Å². The van der Waals surface area contributed by atoms with Gasteiger partial charge in [-0.05, 0) is 42.9 Å². The first-order chi connectivity index (χ1) is 12.2. The highest BCUT2D eigenvalue weighted by Crippen LogP contribution is 2.30. The van der Waals surface area contributed by atoms with Crippen molar-refractivity contribution in [2.75, 3.05) is 25.0 Å². The van der Waals surface area contributed by atoms with E-state index in [2.05, 4.69) is 15.2 Å². The Morgan fingerprint density at radius 2 is 2.20 bits per heavy atom. The highest BCUT2D eigenvalue weighted by molar-refractivity contribution is 5.93. The minimum absolute atomic E-state index is 0.294. The fraction of sp³-hybridized carbons (Fsp3) is 0.474. The summed E-state index contributed by atoms with van der Waals surface area (Å²) in [6.45, 7) is 3.48. The van der Waals surface area contributed by atoms with Gasteiger partial charge in [-0.2, -0.15) is 0 Å². The molecule has 0 atom stereocenters. The lowest BCUT2D eigenvalue weighted by Gasteiger charge is -2.18. The maximum absolute atomic E-state index is 11.6. The Bertz CT molecular complexity index is 754. The summed E-state index contributed by atoms with van der Waals surface area (Å²) in [4.78, 5) is 18.7. The number of carboxylic acids is 1. The van der Waals surface area contributed by atoms with Crippen LogP contribution in [0.2, 0.25) is 0 Å². The molecule has 0 amide bonds. The lowest BCUT2D eigenvalue weighted by Crippen LogP contribution is -2.25. The van der Waals surface area contributed by atoms with Crippen LogP contribution in [0, 0.1) is 5.92 Å². The fourth-order valence-electron chi connectivity index (χ4n) is 3.34. The van der Waals surface area contributed by atoms with E-state index in [-0.39, 0.29) is 0 Å². The molecule has 6 heteroatoms. The smallest absolute Gasteiger partial charge is 0.339 e. The number of rotatable bonds is 6. The Kier molecular flexibility index (Phi) is 4.44. The van der Waals surface area contributed by atoms with Gasteiger partial charge in [0.25, 0.3) is 0 Å². The monoisotopic (exact) mass is 341 g/mol. The van der Waals surface area contributed by atoms with Crippen LogP contribution >= 0.6 is 0 Å². The van der Waals surface area contributed by atoms with Gasteiger partial charge in [0.1, 0.15) is 11.4 Å². The molecule has 0 saturated heterocycles. The summed E-state index contributed by atoms with van der Waals surface area (Å²) in [7, 11) is 0. The molecule has 0 bridgehead atoms. The van der Waals surface area contributed by atoms with E-state index in [1.54, 1.807) is 12.5 Å². The Morgan fingerprint density at radius 1 is 1.36 bits per heavy atom. The normalized spacial score (nSPS) is 17.8. The van der Waals surface area contributed by atoms with Crippen molar-refractivity contribution >= 4 is 11.8 Å². The molecule has 0 radical (unpaired) electrons. The number of carboxylic acid groups (broad SMARTS) is 1. The van der Waals surface area contributed by atoms with Crippen molar-refractivity contribution in [3.8, 4) is 0 Å². The first-order valence-electron chi connectivity index (χ1n) is 8.92. The molecule has 132 valence electrons. The summed E-state index contributed by atoms with van der Waals surface area (Å²) in [5, 5.41) is 12.8. The van der Waals surface area contributed by atoms with E-state index in [0.29, 0.717) is 17.3 Å². The Hall–Kier alpha value is -2.34. The fourth-order valence-corrected chi connectivity index (χ4v) is 3.34. The van der Waals surface area contributed by atoms with Gasteiger partial charge in [0.15, 0.2) is 0 Å². The number of hydrogen-bond acceptors (Lipinski definition) is 5. The van der Waals surface area contributed by atoms with Gasteiger partial charge < -0.3 is 14.8 Å². The van der Waals surface area contributed by atoms with Crippen molar-refractivity contribution in [2.24, 2.45) is 5.92 Å². The molecule has 6 nitrogen and oxygen atoms in total. The van der Waals surface area contributed by atoms with E-state index in [1.807, 2.05) is 12.1 Å². The number of pyridine rings is 1. The van der Waals surface area contributed by atoms with E-state index >= 15 is 0 Å². The first kappa shape index (κ1) is 16.1. The second-order valence-corrected chi connectivity index (χ2v) is 7.03. The van der Waals surface area contributed by atoms with E-state index in [4.69, 9.17) is 4.42 Å². The molecule has 0 spiro atoms. The van der Waals surface area contributed by atoms with Crippen molar-refractivity contribution in [3.63, 3.8) is 0 Å². The predicted octanol–water partition coefficient (Wildman–Crippen LogP) is 2.80. The van der Waals surface area contributed by atoms with Crippen LogP contribution in [-0.4, -0.2) is 40.6 Å². The Morgan fingerprint density at radius 3 is 2.92 bits per heavy atom. The van der Waals surface area contributed by atoms with Gasteiger partial charge in [-0.25, -0.2) is 9.78 Å². The van der Waals surface area contributed by atoms with Gasteiger partial charge in [0.2, 0.25) is 0 Å². The van der Waals surface area contributed by atoms with Crippen molar-refractivity contribution < 1.29 is 14.3 Å². The van der Waals surface area contributed by atoms with Crippen LogP contribution < -0.4 is 5.32 Å². The topological polar surface area (TPSA) is 78.6 Å². The van der Waals surface area contributed by atoms with Crippen LogP contribution in [-0.2, 0) is 19.4 Å². The minimum atomic E-state index is -0.909. The largest absolute Gasteiger partial charge is 0.478 e. The van der Waals surface area contributed by atoms with E-state index in [9.17, 15) is 9.90 Å². The number of anilines is 1. The van der Waals surface area contributed by atoms with Crippen molar-refractivity contribution in [3.05, 3.63) is 47.0 Å². The molecule has 1 fully saturated rings. The predicted molar refractivity (Wildman–Crippen MR) is 93.8 cm³/mol. The maximum Gasteiger partial charge on any atom is 0.339 e. The van der Waals surface area contributed by atoms with Crippen molar-refractivity contribution in [1.29, 1.82) is 0 Å². The molecule has 2 N–H and O–H groups in total. The summed E-state index contributed by atoms with van der Waals surface area (Å²) in [6, 6.07) is 3.81. The lowest BCUT2D eigenvalue weighted by atomic mass is 10.1. The molecule has 1 saturated carbocycles.